The van der Waals surface area contributed by atoms with E-state index in [-0.39, 0.29) is 12.0 Å². The predicted octanol–water partition coefficient (Wildman–Crippen LogP) is 1.88. The van der Waals surface area contributed by atoms with E-state index in [4.69, 9.17) is 9.73 Å². The number of aliphatic hydroxyl groups excluding tert-OH is 1. The van der Waals surface area contributed by atoms with Gasteiger partial charge in [0.05, 0.1) is 13.2 Å². The van der Waals surface area contributed by atoms with Crippen LogP contribution in [0.2, 0.25) is 0 Å². The van der Waals surface area contributed by atoms with Crippen molar-refractivity contribution in [3.63, 3.8) is 0 Å². The standard InChI is InChI=1S/C19H31N3O2/c1-3-20-18(21-10-7-17-6-4-5-16(2)13-17)22-14-19(8-11-23)9-12-24-15-19/h4-6,13,23H,3,7-12,14-15H2,1-2H3,(H2,20,21,22). The molecule has 1 atom stereocenters. The first-order valence-corrected chi connectivity index (χ1v) is 8.94. The minimum absolute atomic E-state index is 0.00631. The van der Waals surface area contributed by atoms with Crippen LogP contribution in [0.25, 0.3) is 0 Å². The summed E-state index contributed by atoms with van der Waals surface area (Å²) in [4.78, 5) is 4.74. The molecule has 1 aromatic carbocycles. The topological polar surface area (TPSA) is 65.9 Å². The highest BCUT2D eigenvalue weighted by Crippen LogP contribution is 2.32. The molecule has 1 aliphatic rings. The molecule has 3 N–H and O–H groups in total. The Morgan fingerprint density at radius 3 is 2.92 bits per heavy atom. The van der Waals surface area contributed by atoms with Gasteiger partial charge >= 0.3 is 0 Å². The number of hydrogen-bond donors (Lipinski definition) is 3. The number of aliphatic imine (C=N–C) groups is 1. The molecule has 2 rings (SSSR count). The van der Waals surface area contributed by atoms with Crippen LogP contribution in [0.15, 0.2) is 29.3 Å². The van der Waals surface area contributed by atoms with Crippen molar-refractivity contribution >= 4 is 5.96 Å². The maximum Gasteiger partial charge on any atom is 0.191 e. The van der Waals surface area contributed by atoms with Gasteiger partial charge in [-0.15, -0.1) is 0 Å². The Kier molecular flexibility index (Phi) is 7.53. The van der Waals surface area contributed by atoms with Crippen molar-refractivity contribution in [1.82, 2.24) is 10.6 Å². The molecule has 1 aliphatic heterocycles. The van der Waals surface area contributed by atoms with E-state index in [1.54, 1.807) is 0 Å². The normalized spacial score (nSPS) is 21.0. The Bertz CT molecular complexity index is 525. The van der Waals surface area contributed by atoms with Crippen molar-refractivity contribution in [2.45, 2.75) is 33.1 Å². The summed E-state index contributed by atoms with van der Waals surface area (Å²) in [7, 11) is 0. The zero-order chi connectivity index (χ0) is 17.3. The van der Waals surface area contributed by atoms with E-state index >= 15 is 0 Å². The first-order chi connectivity index (χ1) is 11.7. The van der Waals surface area contributed by atoms with Crippen LogP contribution in [-0.2, 0) is 11.2 Å². The summed E-state index contributed by atoms with van der Waals surface area (Å²) in [6, 6.07) is 8.60. The molecular weight excluding hydrogens is 302 g/mol. The first kappa shape index (κ1) is 18.7. The van der Waals surface area contributed by atoms with Crippen LogP contribution in [-0.4, -0.2) is 50.5 Å². The third-order valence-electron chi connectivity index (χ3n) is 4.53. The van der Waals surface area contributed by atoms with Crippen LogP contribution >= 0.6 is 0 Å². The van der Waals surface area contributed by atoms with Crippen molar-refractivity contribution in [1.29, 1.82) is 0 Å². The first-order valence-electron chi connectivity index (χ1n) is 8.94. The summed E-state index contributed by atoms with van der Waals surface area (Å²) in [6.45, 7) is 8.21. The fourth-order valence-electron chi connectivity index (χ4n) is 3.07. The molecule has 24 heavy (non-hydrogen) atoms. The number of nitrogens with one attached hydrogen (secondary N) is 2. The van der Waals surface area contributed by atoms with Gasteiger partial charge in [0.1, 0.15) is 0 Å². The second-order valence-electron chi connectivity index (χ2n) is 6.64. The molecule has 0 amide bonds. The predicted molar refractivity (Wildman–Crippen MR) is 98.4 cm³/mol. The largest absolute Gasteiger partial charge is 0.396 e. The second-order valence-corrected chi connectivity index (χ2v) is 6.64. The Balaban J connectivity index is 1.88. The Morgan fingerprint density at radius 1 is 1.38 bits per heavy atom. The van der Waals surface area contributed by atoms with Gasteiger partial charge in [-0.2, -0.15) is 0 Å². The van der Waals surface area contributed by atoms with E-state index in [9.17, 15) is 5.11 Å². The molecule has 5 heteroatoms. The summed E-state index contributed by atoms with van der Waals surface area (Å²) in [5, 5.41) is 16.0. The summed E-state index contributed by atoms with van der Waals surface area (Å²) in [5.41, 5.74) is 2.62. The fraction of sp³-hybridized carbons (Fsp3) is 0.632. The van der Waals surface area contributed by atoms with E-state index < -0.39 is 0 Å². The number of aryl methyl sites for hydroxylation is 1. The van der Waals surface area contributed by atoms with Crippen LogP contribution in [0, 0.1) is 12.3 Å². The molecular formula is C19H31N3O2. The minimum Gasteiger partial charge on any atom is -0.396 e. The highest BCUT2D eigenvalue weighted by Gasteiger charge is 2.34. The third-order valence-corrected chi connectivity index (χ3v) is 4.53. The van der Waals surface area contributed by atoms with Gasteiger partial charge in [0.2, 0.25) is 0 Å². The third kappa shape index (κ3) is 5.80. The molecule has 0 spiro atoms. The SMILES string of the molecule is CCNC(=NCC1(CCO)CCOC1)NCCc1cccc(C)c1. The highest BCUT2D eigenvalue weighted by molar-refractivity contribution is 5.79. The zero-order valence-electron chi connectivity index (χ0n) is 15.0. The maximum atomic E-state index is 9.32. The van der Waals surface area contributed by atoms with Crippen molar-refractivity contribution in [2.75, 3.05) is 39.5 Å². The summed E-state index contributed by atoms with van der Waals surface area (Å²) < 4.78 is 5.53. The summed E-state index contributed by atoms with van der Waals surface area (Å²) in [5.74, 6) is 0.842. The second kappa shape index (κ2) is 9.64. The van der Waals surface area contributed by atoms with Crippen LogP contribution in [0.5, 0.6) is 0 Å². The van der Waals surface area contributed by atoms with E-state index in [0.29, 0.717) is 13.2 Å². The lowest BCUT2D eigenvalue weighted by Crippen LogP contribution is -2.39. The van der Waals surface area contributed by atoms with E-state index in [1.807, 2.05) is 0 Å². The van der Waals surface area contributed by atoms with Crippen LogP contribution in [0.1, 0.15) is 30.9 Å². The number of rotatable bonds is 8. The van der Waals surface area contributed by atoms with Gasteiger partial charge in [-0.3, -0.25) is 4.99 Å². The molecule has 0 aliphatic carbocycles. The number of guanidine groups is 1. The number of nitrogens with zero attached hydrogens (tertiary/aromatic N) is 1. The number of ether oxygens (including phenoxy) is 1. The summed E-state index contributed by atoms with van der Waals surface area (Å²) in [6.07, 6.45) is 2.69. The molecule has 1 aromatic rings. The Hall–Kier alpha value is -1.59. The average Bonchev–Trinajstić information content (AvgIpc) is 3.02. The highest BCUT2D eigenvalue weighted by atomic mass is 16.5. The van der Waals surface area contributed by atoms with Gasteiger partial charge < -0.3 is 20.5 Å². The van der Waals surface area contributed by atoms with E-state index in [0.717, 1.165) is 44.9 Å². The van der Waals surface area contributed by atoms with Crippen molar-refractivity contribution < 1.29 is 9.84 Å². The van der Waals surface area contributed by atoms with Gasteiger partial charge in [-0.25, -0.2) is 0 Å². The van der Waals surface area contributed by atoms with Crippen molar-refractivity contribution in [3.8, 4) is 0 Å². The average molecular weight is 333 g/mol. The monoisotopic (exact) mass is 333 g/mol. The van der Waals surface area contributed by atoms with Gasteiger partial charge in [0.15, 0.2) is 5.96 Å². The molecule has 5 nitrogen and oxygen atoms in total. The Morgan fingerprint density at radius 2 is 2.25 bits per heavy atom. The van der Waals surface area contributed by atoms with Crippen LogP contribution in [0.4, 0.5) is 0 Å². The smallest absolute Gasteiger partial charge is 0.191 e. The fourth-order valence-corrected chi connectivity index (χ4v) is 3.07. The van der Waals surface area contributed by atoms with E-state index in [1.165, 1.54) is 11.1 Å². The minimum atomic E-state index is -0.00631. The molecule has 0 bridgehead atoms. The molecule has 0 saturated carbocycles. The lowest BCUT2D eigenvalue weighted by molar-refractivity contribution is 0.131. The van der Waals surface area contributed by atoms with Crippen molar-refractivity contribution in [2.24, 2.45) is 10.4 Å². The van der Waals surface area contributed by atoms with Crippen LogP contribution < -0.4 is 10.6 Å². The molecule has 1 fully saturated rings. The van der Waals surface area contributed by atoms with Gasteiger partial charge in [0.25, 0.3) is 0 Å². The van der Waals surface area contributed by atoms with E-state index in [2.05, 4.69) is 48.7 Å². The number of hydrogen-bond acceptors (Lipinski definition) is 3. The molecule has 134 valence electrons. The number of benzene rings is 1. The zero-order valence-corrected chi connectivity index (χ0v) is 15.0. The van der Waals surface area contributed by atoms with Gasteiger partial charge in [-0.05, 0) is 38.7 Å². The maximum absolute atomic E-state index is 9.32. The molecule has 1 saturated heterocycles. The molecule has 1 heterocycles. The van der Waals surface area contributed by atoms with Gasteiger partial charge in [0, 0.05) is 31.7 Å². The Labute approximate surface area is 145 Å². The van der Waals surface area contributed by atoms with Gasteiger partial charge in [-0.1, -0.05) is 29.8 Å². The lowest BCUT2D eigenvalue weighted by atomic mass is 9.84. The lowest BCUT2D eigenvalue weighted by Gasteiger charge is -2.24. The quantitative estimate of drug-likeness (QED) is 0.502. The molecule has 1 unspecified atom stereocenters. The molecule has 0 radical (unpaired) electrons. The number of aliphatic hydroxyl groups is 1. The van der Waals surface area contributed by atoms with Crippen molar-refractivity contribution in [3.05, 3.63) is 35.4 Å². The molecule has 0 aromatic heterocycles. The van der Waals surface area contributed by atoms with Crippen LogP contribution in [0.3, 0.4) is 0 Å². The summed E-state index contributed by atoms with van der Waals surface area (Å²) >= 11 is 0.